The van der Waals surface area contributed by atoms with Gasteiger partial charge in [0.1, 0.15) is 17.5 Å². The van der Waals surface area contributed by atoms with Crippen LogP contribution in [0.3, 0.4) is 0 Å². The van der Waals surface area contributed by atoms with Crippen LogP contribution in [0.1, 0.15) is 18.1 Å². The van der Waals surface area contributed by atoms with Crippen LogP contribution in [0.5, 0.6) is 11.5 Å². The van der Waals surface area contributed by atoms with Crippen molar-refractivity contribution in [1.82, 2.24) is 5.32 Å². The second kappa shape index (κ2) is 8.97. The molecule has 0 spiro atoms. The molecule has 2 rings (SSSR count). The highest BCUT2D eigenvalue weighted by Gasteiger charge is 2.31. The molecule has 0 bridgehead atoms. The van der Waals surface area contributed by atoms with E-state index in [2.05, 4.69) is 5.32 Å². The van der Waals surface area contributed by atoms with Crippen LogP contribution in [0.2, 0.25) is 0 Å². The average Bonchev–Trinajstić information content (AvgIpc) is 2.66. The minimum absolute atomic E-state index is 0.239. The number of hydrogen-bond acceptors (Lipinski definition) is 5. The van der Waals surface area contributed by atoms with Gasteiger partial charge in [0.2, 0.25) is 15.9 Å². The van der Waals surface area contributed by atoms with Crippen molar-refractivity contribution in [3.63, 3.8) is 0 Å². The Morgan fingerprint density at radius 3 is 2.39 bits per heavy atom. The summed E-state index contributed by atoms with van der Waals surface area (Å²) in [6.07, 6.45) is 1.05. The Morgan fingerprint density at radius 1 is 1.14 bits per heavy atom. The van der Waals surface area contributed by atoms with E-state index in [9.17, 15) is 13.2 Å². The minimum Gasteiger partial charge on any atom is -0.497 e. The van der Waals surface area contributed by atoms with Crippen LogP contribution >= 0.6 is 0 Å². The predicted molar refractivity (Wildman–Crippen MR) is 109 cm³/mol. The van der Waals surface area contributed by atoms with Crippen LogP contribution in [0.15, 0.2) is 42.5 Å². The van der Waals surface area contributed by atoms with Gasteiger partial charge in [0, 0.05) is 12.6 Å². The van der Waals surface area contributed by atoms with Crippen molar-refractivity contribution in [1.29, 1.82) is 0 Å². The molecular weight excluding hydrogens is 380 g/mol. The van der Waals surface area contributed by atoms with Gasteiger partial charge in [-0.1, -0.05) is 24.3 Å². The van der Waals surface area contributed by atoms with E-state index >= 15 is 0 Å². The highest BCUT2D eigenvalue weighted by atomic mass is 32.2. The highest BCUT2D eigenvalue weighted by Crippen LogP contribution is 2.35. The maximum Gasteiger partial charge on any atom is 0.243 e. The second-order valence-corrected chi connectivity index (χ2v) is 8.28. The molecule has 152 valence electrons. The summed E-state index contributed by atoms with van der Waals surface area (Å²) in [6, 6.07) is 11.5. The van der Waals surface area contributed by atoms with E-state index < -0.39 is 22.0 Å². The molecule has 0 heterocycles. The summed E-state index contributed by atoms with van der Waals surface area (Å²) in [5, 5.41) is 2.81. The molecule has 1 atom stereocenters. The second-order valence-electron chi connectivity index (χ2n) is 6.42. The van der Waals surface area contributed by atoms with Crippen molar-refractivity contribution >= 4 is 21.6 Å². The number of nitrogens with one attached hydrogen (secondary N) is 1. The lowest BCUT2D eigenvalue weighted by Gasteiger charge is -2.29. The molecule has 1 amide bonds. The molecule has 0 aliphatic heterocycles. The third-order valence-electron chi connectivity index (χ3n) is 4.43. The summed E-state index contributed by atoms with van der Waals surface area (Å²) < 4.78 is 36.6. The first-order valence-corrected chi connectivity index (χ1v) is 10.6. The zero-order valence-corrected chi connectivity index (χ0v) is 17.5. The topological polar surface area (TPSA) is 84.9 Å². The molecular formula is C20H26N2O5S. The van der Waals surface area contributed by atoms with Gasteiger partial charge in [-0.25, -0.2) is 8.42 Å². The molecule has 0 unspecified atom stereocenters. The Kier molecular flexibility index (Phi) is 6.90. The number of nitrogens with zero attached hydrogens (tertiary/aromatic N) is 1. The molecule has 8 heteroatoms. The van der Waals surface area contributed by atoms with Crippen molar-refractivity contribution in [3.8, 4) is 11.5 Å². The molecule has 7 nitrogen and oxygen atoms in total. The lowest BCUT2D eigenvalue weighted by Crippen LogP contribution is -2.47. The molecule has 0 fully saturated rings. The summed E-state index contributed by atoms with van der Waals surface area (Å²) in [4.78, 5) is 12.8. The third kappa shape index (κ3) is 4.95. The lowest BCUT2D eigenvalue weighted by atomic mass is 10.1. The van der Waals surface area contributed by atoms with Gasteiger partial charge >= 0.3 is 0 Å². The third-order valence-corrected chi connectivity index (χ3v) is 5.65. The molecule has 0 aliphatic rings. The number of sulfonamides is 1. The number of carbonyl (C=O) groups is 1. The molecule has 0 aromatic heterocycles. The predicted octanol–water partition coefficient (Wildman–Crippen LogP) is 2.48. The van der Waals surface area contributed by atoms with Gasteiger partial charge in [-0.3, -0.25) is 9.10 Å². The number of aryl methyl sites for hydroxylation is 1. The zero-order chi connectivity index (χ0) is 20.9. The van der Waals surface area contributed by atoms with Crippen LogP contribution in [0.25, 0.3) is 0 Å². The van der Waals surface area contributed by atoms with E-state index in [-0.39, 0.29) is 5.69 Å². The molecule has 0 saturated heterocycles. The van der Waals surface area contributed by atoms with Gasteiger partial charge in [0.15, 0.2) is 0 Å². The minimum atomic E-state index is -3.77. The first kappa shape index (κ1) is 21.6. The number of benzene rings is 2. The fraction of sp³-hybridized carbons (Fsp3) is 0.350. The molecule has 28 heavy (non-hydrogen) atoms. The number of hydrogen-bond donors (Lipinski definition) is 1. The maximum absolute atomic E-state index is 12.8. The Labute approximate surface area is 166 Å². The Morgan fingerprint density at radius 2 is 1.82 bits per heavy atom. The van der Waals surface area contributed by atoms with Crippen LogP contribution < -0.4 is 19.1 Å². The summed E-state index contributed by atoms with van der Waals surface area (Å²) in [5.41, 5.74) is 2.25. The molecule has 2 aromatic rings. The molecule has 0 aliphatic carbocycles. The van der Waals surface area contributed by atoms with Crippen molar-refractivity contribution in [2.45, 2.75) is 26.4 Å². The fourth-order valence-electron chi connectivity index (χ4n) is 2.89. The van der Waals surface area contributed by atoms with Crippen molar-refractivity contribution in [2.24, 2.45) is 0 Å². The Balaban J connectivity index is 2.33. The van der Waals surface area contributed by atoms with E-state index in [0.717, 1.165) is 21.7 Å². The lowest BCUT2D eigenvalue weighted by molar-refractivity contribution is -0.122. The highest BCUT2D eigenvalue weighted by molar-refractivity contribution is 7.92. The SMILES string of the molecule is COc1ccc(OC)c(N([C@H](C)C(=O)NCc2ccccc2C)S(C)(=O)=O)c1. The monoisotopic (exact) mass is 406 g/mol. The van der Waals surface area contributed by atoms with Crippen LogP contribution in [0, 0.1) is 6.92 Å². The standard InChI is InChI=1S/C20H26N2O5S/c1-14-8-6-7-9-16(14)13-21-20(23)15(2)22(28(5,24)25)18-12-17(26-3)10-11-19(18)27-4/h6-12,15H,13H2,1-5H3,(H,21,23)/t15-/m1/s1. The van der Waals surface area contributed by atoms with Crippen molar-refractivity contribution < 1.29 is 22.7 Å². The number of ether oxygens (including phenoxy) is 2. The van der Waals surface area contributed by atoms with E-state index in [4.69, 9.17) is 9.47 Å². The largest absolute Gasteiger partial charge is 0.497 e. The zero-order valence-electron chi connectivity index (χ0n) is 16.7. The normalized spacial score (nSPS) is 12.2. The Bertz CT molecular complexity index is 943. The number of amides is 1. The van der Waals surface area contributed by atoms with Crippen molar-refractivity contribution in [2.75, 3.05) is 24.8 Å². The van der Waals surface area contributed by atoms with Gasteiger partial charge in [-0.2, -0.15) is 0 Å². The quantitative estimate of drug-likeness (QED) is 0.728. The molecule has 2 aromatic carbocycles. The summed E-state index contributed by atoms with van der Waals surface area (Å²) >= 11 is 0. The van der Waals surface area contributed by atoms with E-state index in [1.807, 2.05) is 31.2 Å². The molecule has 0 radical (unpaired) electrons. The van der Waals surface area contributed by atoms with E-state index in [1.54, 1.807) is 12.1 Å². The maximum atomic E-state index is 12.8. The number of carbonyl (C=O) groups excluding carboxylic acids is 1. The fourth-order valence-corrected chi connectivity index (χ4v) is 4.06. The van der Waals surface area contributed by atoms with Crippen LogP contribution in [-0.2, 0) is 21.4 Å². The average molecular weight is 407 g/mol. The van der Waals surface area contributed by atoms with E-state index in [0.29, 0.717) is 18.0 Å². The van der Waals surface area contributed by atoms with Gasteiger partial charge in [0.05, 0.1) is 26.2 Å². The van der Waals surface area contributed by atoms with Gasteiger partial charge in [-0.05, 0) is 37.1 Å². The smallest absolute Gasteiger partial charge is 0.243 e. The van der Waals surface area contributed by atoms with Crippen LogP contribution in [-0.4, -0.2) is 40.8 Å². The molecule has 1 N–H and O–H groups in total. The van der Waals surface area contributed by atoms with Gasteiger partial charge < -0.3 is 14.8 Å². The number of rotatable bonds is 8. The van der Waals surface area contributed by atoms with Gasteiger partial charge in [-0.15, -0.1) is 0 Å². The molecule has 0 saturated carbocycles. The first-order valence-electron chi connectivity index (χ1n) is 8.72. The summed E-state index contributed by atoms with van der Waals surface area (Å²) in [5.74, 6) is 0.361. The van der Waals surface area contributed by atoms with Crippen molar-refractivity contribution in [3.05, 3.63) is 53.6 Å². The van der Waals surface area contributed by atoms with E-state index in [1.165, 1.54) is 27.2 Å². The summed E-state index contributed by atoms with van der Waals surface area (Å²) in [7, 11) is -0.854. The summed E-state index contributed by atoms with van der Waals surface area (Å²) in [6.45, 7) is 3.80. The number of anilines is 1. The van der Waals surface area contributed by atoms with Crippen LogP contribution in [0.4, 0.5) is 5.69 Å². The Hall–Kier alpha value is -2.74. The number of methoxy groups -OCH3 is 2. The first-order chi connectivity index (χ1) is 13.2. The van der Waals surface area contributed by atoms with Gasteiger partial charge in [0.25, 0.3) is 0 Å².